The average molecular weight is 236 g/mol. The predicted molar refractivity (Wildman–Crippen MR) is 72.4 cm³/mol. The minimum Gasteiger partial charge on any atom is -0.278 e. The fourth-order valence-corrected chi connectivity index (χ4v) is 3.22. The number of nitrogens with one attached hydrogen (secondary N) is 1. The number of hydrogen-bond donors (Lipinski definition) is 1. The lowest BCUT2D eigenvalue weighted by Gasteiger charge is -2.43. The molecule has 1 aliphatic heterocycles. The first-order valence-electron chi connectivity index (χ1n) is 5.82. The molecule has 1 N–H and O–H groups in total. The molecule has 2 rings (SSSR count). The van der Waals surface area contributed by atoms with Crippen molar-refractivity contribution in [2.45, 2.75) is 38.9 Å². The smallest absolute Gasteiger partial charge is 0.117 e. The van der Waals surface area contributed by atoms with Crippen molar-refractivity contribution in [1.82, 2.24) is 5.43 Å². The molecule has 2 aliphatic rings. The zero-order chi connectivity index (χ0) is 11.8. The van der Waals surface area contributed by atoms with Gasteiger partial charge in [-0.25, -0.2) is 0 Å². The Balaban J connectivity index is 1.78. The highest BCUT2D eigenvalue weighted by Gasteiger charge is 2.37. The maximum absolute atomic E-state index is 4.26. The SMILES string of the molecule is C=C1C=CC(SC2CC(C(C)(C)C)C2)=NN1. The largest absolute Gasteiger partial charge is 0.278 e. The molecular formula is C13H20N2S. The molecule has 0 aromatic carbocycles. The van der Waals surface area contributed by atoms with Gasteiger partial charge in [0.2, 0.25) is 0 Å². The topological polar surface area (TPSA) is 24.4 Å². The van der Waals surface area contributed by atoms with Crippen LogP contribution in [0.4, 0.5) is 0 Å². The van der Waals surface area contributed by atoms with E-state index in [1.807, 2.05) is 23.9 Å². The van der Waals surface area contributed by atoms with Gasteiger partial charge in [0.05, 0.1) is 0 Å². The molecule has 1 fully saturated rings. The van der Waals surface area contributed by atoms with Crippen molar-refractivity contribution in [3.8, 4) is 0 Å². The van der Waals surface area contributed by atoms with Crippen LogP contribution in [0.5, 0.6) is 0 Å². The van der Waals surface area contributed by atoms with Gasteiger partial charge in [-0.05, 0) is 36.3 Å². The molecule has 0 amide bonds. The maximum Gasteiger partial charge on any atom is 0.117 e. The Bertz CT molecular complexity index is 343. The number of hydrogen-bond acceptors (Lipinski definition) is 3. The molecule has 0 spiro atoms. The molecule has 2 nitrogen and oxygen atoms in total. The lowest BCUT2D eigenvalue weighted by Crippen LogP contribution is -2.36. The van der Waals surface area contributed by atoms with E-state index in [-0.39, 0.29) is 0 Å². The third-order valence-corrected chi connectivity index (χ3v) is 4.53. The molecule has 1 heterocycles. The highest BCUT2D eigenvalue weighted by atomic mass is 32.2. The molecule has 0 saturated heterocycles. The van der Waals surface area contributed by atoms with Gasteiger partial charge in [-0.1, -0.05) is 27.4 Å². The van der Waals surface area contributed by atoms with Crippen molar-refractivity contribution in [2.24, 2.45) is 16.4 Å². The summed E-state index contributed by atoms with van der Waals surface area (Å²) < 4.78 is 0. The van der Waals surface area contributed by atoms with Crippen LogP contribution < -0.4 is 5.43 Å². The molecule has 0 atom stereocenters. The summed E-state index contributed by atoms with van der Waals surface area (Å²) in [6, 6.07) is 0. The summed E-state index contributed by atoms with van der Waals surface area (Å²) in [5.74, 6) is 0.876. The highest BCUT2D eigenvalue weighted by molar-refractivity contribution is 8.14. The Hall–Kier alpha value is -0.700. The molecule has 0 bridgehead atoms. The summed E-state index contributed by atoms with van der Waals surface area (Å²) in [5, 5.41) is 6.10. The normalized spacial score (nSPS) is 29.4. The quantitative estimate of drug-likeness (QED) is 0.753. The van der Waals surface area contributed by atoms with Crippen molar-refractivity contribution >= 4 is 16.8 Å². The van der Waals surface area contributed by atoms with Gasteiger partial charge in [0.25, 0.3) is 0 Å². The number of allylic oxidation sites excluding steroid dienone is 1. The minimum absolute atomic E-state index is 0.466. The van der Waals surface area contributed by atoms with E-state index >= 15 is 0 Å². The van der Waals surface area contributed by atoms with Gasteiger partial charge < -0.3 is 0 Å². The third-order valence-electron chi connectivity index (χ3n) is 3.34. The van der Waals surface area contributed by atoms with Crippen LogP contribution in [-0.4, -0.2) is 10.3 Å². The van der Waals surface area contributed by atoms with Gasteiger partial charge in [0.15, 0.2) is 0 Å². The van der Waals surface area contributed by atoms with Gasteiger partial charge in [-0.3, -0.25) is 5.43 Å². The minimum atomic E-state index is 0.466. The molecule has 16 heavy (non-hydrogen) atoms. The molecule has 0 radical (unpaired) electrons. The van der Waals surface area contributed by atoms with Gasteiger partial charge in [-0.15, -0.1) is 11.8 Å². The molecular weight excluding hydrogens is 216 g/mol. The summed E-state index contributed by atoms with van der Waals surface area (Å²) in [6.45, 7) is 10.8. The molecule has 1 aliphatic carbocycles. The van der Waals surface area contributed by atoms with Crippen molar-refractivity contribution in [3.05, 3.63) is 24.4 Å². The van der Waals surface area contributed by atoms with E-state index in [1.54, 1.807) is 0 Å². The van der Waals surface area contributed by atoms with E-state index in [2.05, 4.69) is 37.9 Å². The maximum atomic E-state index is 4.26. The van der Waals surface area contributed by atoms with Crippen molar-refractivity contribution < 1.29 is 0 Å². The summed E-state index contributed by atoms with van der Waals surface area (Å²) in [7, 11) is 0. The zero-order valence-corrected chi connectivity index (χ0v) is 11.1. The Kier molecular flexibility index (Phi) is 3.15. The van der Waals surface area contributed by atoms with Gasteiger partial charge >= 0.3 is 0 Å². The van der Waals surface area contributed by atoms with Crippen LogP contribution in [0.2, 0.25) is 0 Å². The van der Waals surface area contributed by atoms with Gasteiger partial charge in [0.1, 0.15) is 5.04 Å². The van der Waals surface area contributed by atoms with Crippen LogP contribution in [0.1, 0.15) is 33.6 Å². The van der Waals surface area contributed by atoms with Crippen molar-refractivity contribution in [3.63, 3.8) is 0 Å². The van der Waals surface area contributed by atoms with Crippen molar-refractivity contribution in [1.29, 1.82) is 0 Å². The molecule has 3 heteroatoms. The molecule has 88 valence electrons. The predicted octanol–water partition coefficient (Wildman–Crippen LogP) is 3.53. The van der Waals surface area contributed by atoms with Crippen molar-refractivity contribution in [2.75, 3.05) is 0 Å². The molecule has 0 aromatic rings. The van der Waals surface area contributed by atoms with Crippen LogP contribution in [0.3, 0.4) is 0 Å². The van der Waals surface area contributed by atoms with Crippen LogP contribution in [0, 0.1) is 11.3 Å². The Morgan fingerprint density at radius 1 is 1.38 bits per heavy atom. The summed E-state index contributed by atoms with van der Waals surface area (Å²) in [4.78, 5) is 0. The highest BCUT2D eigenvalue weighted by Crippen LogP contribution is 2.46. The summed E-state index contributed by atoms with van der Waals surface area (Å²) in [6.07, 6.45) is 6.67. The van der Waals surface area contributed by atoms with E-state index < -0.39 is 0 Å². The van der Waals surface area contributed by atoms with E-state index in [1.165, 1.54) is 12.8 Å². The molecule has 1 saturated carbocycles. The number of hydrazone groups is 1. The van der Waals surface area contributed by atoms with E-state index in [0.29, 0.717) is 5.41 Å². The van der Waals surface area contributed by atoms with Crippen LogP contribution in [0.15, 0.2) is 29.5 Å². The van der Waals surface area contributed by atoms with Crippen LogP contribution >= 0.6 is 11.8 Å². The number of rotatable bonds is 1. The number of thioether (sulfide) groups is 1. The first-order chi connectivity index (χ1) is 7.45. The van der Waals surface area contributed by atoms with E-state index in [4.69, 9.17) is 0 Å². The lowest BCUT2D eigenvalue weighted by atomic mass is 9.68. The second-order valence-corrected chi connectivity index (χ2v) is 7.02. The average Bonchev–Trinajstić information content (AvgIpc) is 2.11. The standard InChI is InChI=1S/C13H20N2S/c1-9-5-6-12(15-14-9)16-11-7-10(8-11)13(2,3)4/h5-6,10-11,14H,1,7-8H2,2-4H3. The zero-order valence-electron chi connectivity index (χ0n) is 10.3. The fourth-order valence-electron chi connectivity index (χ4n) is 1.98. The molecule has 0 aromatic heterocycles. The monoisotopic (exact) mass is 236 g/mol. The second kappa shape index (κ2) is 4.28. The van der Waals surface area contributed by atoms with E-state index in [9.17, 15) is 0 Å². The Labute approximate surface area is 102 Å². The van der Waals surface area contributed by atoms with Gasteiger partial charge in [-0.2, -0.15) is 5.10 Å². The Morgan fingerprint density at radius 2 is 2.06 bits per heavy atom. The first-order valence-corrected chi connectivity index (χ1v) is 6.70. The molecule has 0 unspecified atom stereocenters. The first kappa shape index (κ1) is 11.8. The van der Waals surface area contributed by atoms with Crippen LogP contribution in [-0.2, 0) is 0 Å². The number of nitrogens with zero attached hydrogens (tertiary/aromatic N) is 1. The summed E-state index contributed by atoms with van der Waals surface area (Å²) in [5.41, 5.74) is 4.25. The van der Waals surface area contributed by atoms with Gasteiger partial charge in [0, 0.05) is 10.9 Å². The second-order valence-electron chi connectivity index (χ2n) is 5.69. The fraction of sp³-hybridized carbons (Fsp3) is 0.615. The van der Waals surface area contributed by atoms with Crippen LogP contribution in [0.25, 0.3) is 0 Å². The van der Waals surface area contributed by atoms with E-state index in [0.717, 1.165) is 21.9 Å². The summed E-state index contributed by atoms with van der Waals surface area (Å²) >= 11 is 1.89. The lowest BCUT2D eigenvalue weighted by molar-refractivity contribution is 0.148. The Morgan fingerprint density at radius 3 is 2.56 bits per heavy atom. The third kappa shape index (κ3) is 2.70.